The molecule has 0 spiro atoms. The molecule has 17 nitrogen and oxygen atoms in total. The average Bonchev–Trinajstić information content (AvgIpc) is 3.41. The maximum atomic E-state index is 12.7. The third-order valence-electron chi connectivity index (χ3n) is 9.82. The second-order valence-electron chi connectivity index (χ2n) is 15.2. The molecule has 392 valence electrons. The predicted molar refractivity (Wildman–Crippen MR) is 273 cm³/mol. The summed E-state index contributed by atoms with van der Waals surface area (Å²) < 4.78 is 85.4. The quantitative estimate of drug-likeness (QED) is 0.0439. The third kappa shape index (κ3) is 29.8. The number of hydrogen-bond donors (Lipinski definition) is 2. The highest BCUT2D eigenvalue weighted by molar-refractivity contribution is 5.71. The Morgan fingerprint density at radius 3 is 0.972 bits per heavy atom. The molecular weight excluding hydrogens is 919 g/mol. The van der Waals surface area contributed by atoms with E-state index in [1.807, 2.05) is 86.9 Å². The highest BCUT2D eigenvalue weighted by atomic mass is 18.2. The van der Waals surface area contributed by atoms with Gasteiger partial charge in [0.05, 0.1) is 139 Å². The topological polar surface area (TPSA) is 170 Å². The van der Waals surface area contributed by atoms with Gasteiger partial charge >= 0.3 is 0 Å². The lowest BCUT2D eigenvalue weighted by Gasteiger charge is -2.17. The SMILES string of the molecule is CNc1ccc(/C=C/c2ccc(OCCOCCOCCOCCOCCOCC(COCCOCCOCCOCCOCCOc3ccc(/C=C/c4ccc(NC)cc4)cn3)OCC[18F])nc2)cc1. The summed E-state index contributed by atoms with van der Waals surface area (Å²) in [6.45, 7) is 8.37. The first kappa shape index (κ1) is 58.5. The first-order chi connectivity index (χ1) is 35.1. The number of rotatable bonds is 45. The lowest BCUT2D eigenvalue weighted by atomic mass is 10.1. The van der Waals surface area contributed by atoms with Crippen LogP contribution >= 0.6 is 0 Å². The Morgan fingerprint density at radius 2 is 0.676 bits per heavy atom. The molecular formula is C53H75FN4O13. The summed E-state index contributed by atoms with van der Waals surface area (Å²) in [6.07, 6.45) is 11.3. The molecule has 0 saturated heterocycles. The molecule has 18 heteroatoms. The Hall–Kier alpha value is -5.09. The maximum Gasteiger partial charge on any atom is 0.213 e. The standard InChI is InChI=1S/C53H75FN4O13/c1-55-49-13-7-45(8-14-49)3-5-47-11-17-52(57-41-47)70-39-37-65-31-29-61-23-21-59-25-27-63-33-35-67-43-51(69-20-19-54)44-68-36-34-64-28-26-60-22-24-62-30-32-66-38-40-71-53-18-12-48(42-58-53)6-4-46-9-15-50(56-2)16-10-46/h3-18,41-42,51,55-56H,19-40,43-44H2,1-2H3/b5-3+,6-4+/i54-1. The molecule has 0 fully saturated rings. The second-order valence-corrected chi connectivity index (χ2v) is 15.2. The Kier molecular flexibility index (Phi) is 33.4. The van der Waals surface area contributed by atoms with Crippen molar-refractivity contribution in [3.8, 4) is 11.8 Å². The number of nitrogens with zero attached hydrogens (tertiary/aromatic N) is 2. The van der Waals surface area contributed by atoms with Gasteiger partial charge in [0.1, 0.15) is 26.0 Å². The number of anilines is 2. The van der Waals surface area contributed by atoms with Gasteiger partial charge in [0.15, 0.2) is 0 Å². The van der Waals surface area contributed by atoms with Gasteiger partial charge < -0.3 is 72.2 Å². The Balaban J connectivity index is 0.832. The van der Waals surface area contributed by atoms with Gasteiger partial charge in [-0.15, -0.1) is 0 Å². The molecule has 71 heavy (non-hydrogen) atoms. The Bertz CT molecular complexity index is 1780. The molecule has 0 aliphatic carbocycles. The molecule has 0 bridgehead atoms. The number of aromatic nitrogens is 2. The summed E-state index contributed by atoms with van der Waals surface area (Å²) in [6, 6.07) is 24.0. The van der Waals surface area contributed by atoms with Gasteiger partial charge in [-0.1, -0.05) is 48.6 Å². The van der Waals surface area contributed by atoms with E-state index in [4.69, 9.17) is 61.6 Å². The van der Waals surface area contributed by atoms with Crippen molar-refractivity contribution in [2.24, 2.45) is 0 Å². The van der Waals surface area contributed by atoms with E-state index in [1.54, 1.807) is 12.4 Å². The van der Waals surface area contributed by atoms with E-state index in [0.29, 0.717) is 144 Å². The van der Waals surface area contributed by atoms with Crippen LogP contribution in [0.1, 0.15) is 22.3 Å². The van der Waals surface area contributed by atoms with Crippen molar-refractivity contribution in [1.29, 1.82) is 0 Å². The van der Waals surface area contributed by atoms with E-state index in [0.717, 1.165) is 33.6 Å². The van der Waals surface area contributed by atoms with E-state index in [2.05, 4.69) is 44.9 Å². The molecule has 0 saturated carbocycles. The van der Waals surface area contributed by atoms with Crippen molar-refractivity contribution < 1.29 is 66.0 Å². The van der Waals surface area contributed by atoms with Crippen LogP contribution in [-0.2, 0) is 52.1 Å². The maximum absolute atomic E-state index is 12.7. The number of ether oxygens (including phenoxy) is 13. The van der Waals surface area contributed by atoms with Crippen LogP contribution in [0.15, 0.2) is 85.2 Å². The van der Waals surface area contributed by atoms with Crippen LogP contribution in [0.5, 0.6) is 11.8 Å². The van der Waals surface area contributed by atoms with Crippen molar-refractivity contribution in [2.75, 3.05) is 183 Å². The Labute approximate surface area is 419 Å². The minimum Gasteiger partial charge on any atom is -0.475 e. The number of hydrogen-bond acceptors (Lipinski definition) is 17. The van der Waals surface area contributed by atoms with E-state index in [9.17, 15) is 4.39 Å². The van der Waals surface area contributed by atoms with Gasteiger partial charge in [0.2, 0.25) is 11.8 Å². The molecule has 0 amide bonds. The zero-order chi connectivity index (χ0) is 49.9. The number of halogens is 1. The summed E-state index contributed by atoms with van der Waals surface area (Å²) in [4.78, 5) is 8.71. The van der Waals surface area contributed by atoms with Gasteiger partial charge in [-0.05, 0) is 58.7 Å². The largest absolute Gasteiger partial charge is 0.475 e. The van der Waals surface area contributed by atoms with Crippen molar-refractivity contribution in [1.82, 2.24) is 9.97 Å². The minimum atomic E-state index is -0.588. The molecule has 0 atom stereocenters. The Morgan fingerprint density at radius 1 is 0.380 bits per heavy atom. The molecule has 0 aliphatic heterocycles. The van der Waals surface area contributed by atoms with E-state index < -0.39 is 12.8 Å². The number of nitrogens with one attached hydrogen (secondary N) is 2. The summed E-state index contributed by atoms with van der Waals surface area (Å²) >= 11 is 0. The van der Waals surface area contributed by atoms with Crippen molar-refractivity contribution in [3.05, 3.63) is 107 Å². The zero-order valence-corrected chi connectivity index (χ0v) is 41.5. The number of pyridine rings is 2. The molecule has 4 rings (SSSR count). The molecule has 2 aromatic carbocycles. The zero-order valence-electron chi connectivity index (χ0n) is 41.5. The van der Waals surface area contributed by atoms with Gasteiger partial charge in [0, 0.05) is 50.0 Å². The van der Waals surface area contributed by atoms with Gasteiger partial charge in [-0.2, -0.15) is 0 Å². The highest BCUT2D eigenvalue weighted by Gasteiger charge is 2.10. The monoisotopic (exact) mass is 994 g/mol. The molecule has 4 aromatic rings. The van der Waals surface area contributed by atoms with Crippen LogP contribution in [0, 0.1) is 0 Å². The normalized spacial score (nSPS) is 11.6. The lowest BCUT2D eigenvalue weighted by molar-refractivity contribution is -0.0779. The summed E-state index contributed by atoms with van der Waals surface area (Å²) in [5.41, 5.74) is 6.35. The fraction of sp³-hybridized carbons (Fsp3) is 0.509. The van der Waals surface area contributed by atoms with E-state index >= 15 is 0 Å². The van der Waals surface area contributed by atoms with Crippen LogP contribution < -0.4 is 20.1 Å². The molecule has 2 N–H and O–H groups in total. The highest BCUT2D eigenvalue weighted by Crippen LogP contribution is 2.15. The summed E-state index contributed by atoms with van der Waals surface area (Å²) in [5, 5.41) is 6.23. The van der Waals surface area contributed by atoms with Gasteiger partial charge in [-0.25, -0.2) is 14.4 Å². The fourth-order valence-electron chi connectivity index (χ4n) is 6.01. The molecule has 2 heterocycles. The molecule has 0 unspecified atom stereocenters. The summed E-state index contributed by atoms with van der Waals surface area (Å²) in [5.74, 6) is 1.10. The van der Waals surface area contributed by atoms with Crippen LogP contribution in [0.4, 0.5) is 15.8 Å². The molecule has 0 radical (unpaired) electrons. The van der Waals surface area contributed by atoms with Crippen LogP contribution in [0.3, 0.4) is 0 Å². The molecule has 2 aromatic heterocycles. The second kappa shape index (κ2) is 40.5. The summed E-state index contributed by atoms with van der Waals surface area (Å²) in [7, 11) is 3.80. The smallest absolute Gasteiger partial charge is 0.213 e. The molecule has 0 aliphatic rings. The lowest BCUT2D eigenvalue weighted by Crippen LogP contribution is -2.28. The predicted octanol–water partition coefficient (Wildman–Crippen LogP) is 6.88. The first-order valence-electron chi connectivity index (χ1n) is 24.2. The van der Waals surface area contributed by atoms with Crippen molar-refractivity contribution >= 4 is 35.7 Å². The minimum absolute atomic E-state index is 0.0288. The van der Waals surface area contributed by atoms with Crippen molar-refractivity contribution in [2.45, 2.75) is 6.10 Å². The van der Waals surface area contributed by atoms with Crippen LogP contribution in [0.25, 0.3) is 24.3 Å². The average molecular weight is 994 g/mol. The number of alkyl halides is 1. The van der Waals surface area contributed by atoms with Gasteiger partial charge in [0.25, 0.3) is 0 Å². The number of benzene rings is 2. The van der Waals surface area contributed by atoms with Crippen LogP contribution in [0.2, 0.25) is 0 Å². The first-order valence-corrected chi connectivity index (χ1v) is 24.2. The van der Waals surface area contributed by atoms with Crippen LogP contribution in [-0.4, -0.2) is 189 Å². The third-order valence-corrected chi connectivity index (χ3v) is 9.82. The fourth-order valence-corrected chi connectivity index (χ4v) is 6.01. The van der Waals surface area contributed by atoms with Gasteiger partial charge in [-0.3, -0.25) is 0 Å². The van der Waals surface area contributed by atoms with Crippen molar-refractivity contribution in [3.63, 3.8) is 0 Å². The van der Waals surface area contributed by atoms with E-state index in [-0.39, 0.29) is 19.8 Å². The van der Waals surface area contributed by atoms with E-state index in [1.165, 1.54) is 0 Å².